The molecule has 1 aliphatic carbocycles. The topological polar surface area (TPSA) is 107 Å². The van der Waals surface area contributed by atoms with Gasteiger partial charge in [0.1, 0.15) is 10.8 Å². The fraction of sp³-hybridized carbons (Fsp3) is 0.280. The molecular formula is C25H25N7S. The first kappa shape index (κ1) is 20.4. The van der Waals surface area contributed by atoms with Gasteiger partial charge in [-0.1, -0.05) is 36.0 Å². The summed E-state index contributed by atoms with van der Waals surface area (Å²) in [5, 5.41) is 1.79. The van der Waals surface area contributed by atoms with Crippen molar-refractivity contribution in [3.63, 3.8) is 0 Å². The molecule has 0 amide bonds. The molecule has 6 rings (SSSR count). The summed E-state index contributed by atoms with van der Waals surface area (Å²) in [5.41, 5.74) is 16.4. The number of anilines is 2. The normalized spacial score (nSPS) is 19.2. The Bertz CT molecular complexity index is 1330. The Hall–Kier alpha value is -3.23. The van der Waals surface area contributed by atoms with Gasteiger partial charge in [0.25, 0.3) is 0 Å². The Labute approximate surface area is 196 Å². The minimum Gasteiger partial charge on any atom is -0.381 e. The summed E-state index contributed by atoms with van der Waals surface area (Å²) >= 11 is 1.53. The van der Waals surface area contributed by atoms with E-state index in [1.807, 2.05) is 48.9 Å². The highest BCUT2D eigenvalue weighted by Crippen LogP contribution is 2.50. The van der Waals surface area contributed by atoms with Gasteiger partial charge in [0.15, 0.2) is 5.82 Å². The smallest absolute Gasteiger partial charge is 0.158 e. The van der Waals surface area contributed by atoms with Crippen molar-refractivity contribution in [2.75, 3.05) is 23.7 Å². The maximum atomic E-state index is 6.68. The summed E-state index contributed by atoms with van der Waals surface area (Å²) < 4.78 is 0. The quantitative estimate of drug-likeness (QED) is 0.477. The number of rotatable bonds is 3. The van der Waals surface area contributed by atoms with Crippen molar-refractivity contribution in [1.29, 1.82) is 0 Å². The van der Waals surface area contributed by atoms with Crippen LogP contribution in [-0.4, -0.2) is 33.0 Å². The molecule has 0 bridgehead atoms. The van der Waals surface area contributed by atoms with E-state index in [9.17, 15) is 0 Å². The molecule has 1 aromatic carbocycles. The Kier molecular flexibility index (Phi) is 4.92. The predicted molar refractivity (Wildman–Crippen MR) is 131 cm³/mol. The second-order valence-corrected chi connectivity index (χ2v) is 9.92. The molecule has 4 N–H and O–H groups in total. The molecule has 0 saturated carbocycles. The average molecular weight is 456 g/mol. The van der Waals surface area contributed by atoms with Crippen LogP contribution < -0.4 is 16.4 Å². The van der Waals surface area contributed by atoms with Crippen molar-refractivity contribution in [3.05, 3.63) is 72.3 Å². The summed E-state index contributed by atoms with van der Waals surface area (Å²) in [7, 11) is 0. The van der Waals surface area contributed by atoms with Crippen LogP contribution in [0.1, 0.15) is 30.1 Å². The highest BCUT2D eigenvalue weighted by Gasteiger charge is 2.46. The van der Waals surface area contributed by atoms with Crippen LogP contribution in [0.15, 0.2) is 71.0 Å². The molecule has 2 aliphatic rings. The number of pyridine rings is 2. The minimum absolute atomic E-state index is 0.0495. The number of nitrogens with two attached hydrogens (primary N) is 2. The Morgan fingerprint density at radius 2 is 1.82 bits per heavy atom. The third kappa shape index (κ3) is 3.50. The number of hydrogen-bond acceptors (Lipinski definition) is 8. The van der Waals surface area contributed by atoms with Crippen LogP contribution in [0.25, 0.3) is 10.9 Å². The minimum atomic E-state index is 0.0495. The summed E-state index contributed by atoms with van der Waals surface area (Å²) in [6.07, 6.45) is 8.49. The molecule has 4 aromatic rings. The summed E-state index contributed by atoms with van der Waals surface area (Å²) in [4.78, 5) is 21.7. The highest BCUT2D eigenvalue weighted by molar-refractivity contribution is 7.99. The molecule has 1 spiro atoms. The first-order chi connectivity index (χ1) is 16.1. The molecule has 0 radical (unpaired) electrons. The van der Waals surface area contributed by atoms with Crippen molar-refractivity contribution in [2.45, 2.75) is 35.2 Å². The molecule has 1 aliphatic heterocycles. The average Bonchev–Trinajstić information content (AvgIpc) is 3.12. The summed E-state index contributed by atoms with van der Waals surface area (Å²) in [5.74, 6) is 1.28. The molecule has 7 nitrogen and oxygen atoms in total. The van der Waals surface area contributed by atoms with E-state index < -0.39 is 0 Å². The third-order valence-electron chi connectivity index (χ3n) is 7.09. The van der Waals surface area contributed by atoms with E-state index in [1.165, 1.54) is 17.3 Å². The van der Waals surface area contributed by atoms with Gasteiger partial charge < -0.3 is 16.4 Å². The first-order valence-electron chi connectivity index (χ1n) is 11.2. The number of hydrogen-bond donors (Lipinski definition) is 2. The van der Waals surface area contributed by atoms with Crippen LogP contribution in [0.5, 0.6) is 0 Å². The molecule has 4 heterocycles. The Balaban J connectivity index is 1.18. The zero-order valence-corrected chi connectivity index (χ0v) is 19.0. The number of benzene rings is 1. The van der Waals surface area contributed by atoms with E-state index in [-0.39, 0.29) is 11.5 Å². The number of para-hydroxylation sites is 1. The molecule has 1 saturated heterocycles. The SMILES string of the molecule is Nc1nc(N2CCC3(CC2)Cc2ncccc2[C@H]3N)cnc1Sc1ccnc2ccccc12. The zero-order chi connectivity index (χ0) is 22.4. The number of fused-ring (bicyclic) bond motifs is 2. The maximum Gasteiger partial charge on any atom is 0.158 e. The molecule has 166 valence electrons. The molecule has 1 fully saturated rings. The van der Waals surface area contributed by atoms with Crippen molar-refractivity contribution >= 4 is 34.3 Å². The van der Waals surface area contributed by atoms with Gasteiger partial charge in [0.2, 0.25) is 0 Å². The third-order valence-corrected chi connectivity index (χ3v) is 8.17. The molecule has 33 heavy (non-hydrogen) atoms. The van der Waals surface area contributed by atoms with E-state index in [1.54, 1.807) is 0 Å². The molecular weight excluding hydrogens is 430 g/mol. The molecule has 0 unspecified atom stereocenters. The number of nitrogen functional groups attached to an aromatic ring is 1. The van der Waals surface area contributed by atoms with Crippen molar-refractivity contribution in [3.8, 4) is 0 Å². The van der Waals surface area contributed by atoms with Gasteiger partial charge in [-0.25, -0.2) is 9.97 Å². The fourth-order valence-electron chi connectivity index (χ4n) is 5.20. The first-order valence-corrected chi connectivity index (χ1v) is 12.0. The number of nitrogens with zero attached hydrogens (tertiary/aromatic N) is 5. The highest BCUT2D eigenvalue weighted by atomic mass is 32.2. The van der Waals surface area contributed by atoms with Crippen molar-refractivity contribution in [1.82, 2.24) is 19.9 Å². The van der Waals surface area contributed by atoms with Crippen LogP contribution in [0.3, 0.4) is 0 Å². The van der Waals surface area contributed by atoms with E-state index >= 15 is 0 Å². The molecule has 1 atom stereocenters. The lowest BCUT2D eigenvalue weighted by atomic mass is 9.73. The molecule has 8 heteroatoms. The monoisotopic (exact) mass is 455 g/mol. The summed E-state index contributed by atoms with van der Waals surface area (Å²) in [6, 6.07) is 14.2. The van der Waals surface area contributed by atoms with Crippen LogP contribution >= 0.6 is 11.8 Å². The number of piperidine rings is 1. The van der Waals surface area contributed by atoms with Crippen molar-refractivity contribution in [2.24, 2.45) is 11.1 Å². The van der Waals surface area contributed by atoms with Crippen LogP contribution in [0.4, 0.5) is 11.6 Å². The number of aromatic nitrogens is 4. The lowest BCUT2D eigenvalue weighted by Crippen LogP contribution is -2.44. The molecule has 3 aromatic heterocycles. The van der Waals surface area contributed by atoms with Gasteiger partial charge in [-0.05, 0) is 48.4 Å². The lowest BCUT2D eigenvalue weighted by Gasteiger charge is -2.42. The lowest BCUT2D eigenvalue weighted by molar-refractivity contribution is 0.186. The zero-order valence-electron chi connectivity index (χ0n) is 18.2. The Morgan fingerprint density at radius 1 is 0.970 bits per heavy atom. The fourth-order valence-corrected chi connectivity index (χ4v) is 6.08. The van der Waals surface area contributed by atoms with E-state index in [0.717, 1.165) is 59.7 Å². The van der Waals surface area contributed by atoms with Crippen molar-refractivity contribution < 1.29 is 0 Å². The van der Waals surface area contributed by atoms with Gasteiger partial charge in [0, 0.05) is 47.5 Å². The van der Waals surface area contributed by atoms with Gasteiger partial charge >= 0.3 is 0 Å². The van der Waals surface area contributed by atoms with E-state index in [0.29, 0.717) is 10.8 Å². The van der Waals surface area contributed by atoms with E-state index in [4.69, 9.17) is 16.5 Å². The van der Waals surface area contributed by atoms with Crippen LogP contribution in [0.2, 0.25) is 0 Å². The van der Waals surface area contributed by atoms with Gasteiger partial charge in [-0.2, -0.15) is 0 Å². The second kappa shape index (κ2) is 7.97. The van der Waals surface area contributed by atoms with Gasteiger partial charge in [0.05, 0.1) is 11.7 Å². The maximum absolute atomic E-state index is 6.68. The predicted octanol–water partition coefficient (Wildman–Crippen LogP) is 4.00. The Morgan fingerprint density at radius 3 is 2.64 bits per heavy atom. The second-order valence-electron chi connectivity index (χ2n) is 8.89. The largest absolute Gasteiger partial charge is 0.381 e. The van der Waals surface area contributed by atoms with Gasteiger partial charge in [-0.3, -0.25) is 9.97 Å². The van der Waals surface area contributed by atoms with E-state index in [2.05, 4.69) is 32.0 Å². The van der Waals surface area contributed by atoms with Crippen LogP contribution in [-0.2, 0) is 6.42 Å². The van der Waals surface area contributed by atoms with Gasteiger partial charge in [-0.15, -0.1) is 0 Å². The van der Waals surface area contributed by atoms with Crippen LogP contribution in [0, 0.1) is 5.41 Å². The summed E-state index contributed by atoms with van der Waals surface area (Å²) in [6.45, 7) is 1.77. The standard InChI is InChI=1S/C25H25N7S/c26-22-17-5-3-10-28-19(17)14-25(22)8-12-32(13-9-25)21-15-30-24(23(27)31-21)33-20-7-11-29-18-6-2-1-4-16(18)20/h1-7,10-11,15,22H,8-9,12-14,26H2,(H2,27,31)/t22-/m1/s1.